The molecule has 2 aromatic carbocycles. The van der Waals surface area contributed by atoms with Gasteiger partial charge in [0, 0.05) is 10.5 Å². The summed E-state index contributed by atoms with van der Waals surface area (Å²) in [6, 6.07) is 10.7. The average molecular weight is 339 g/mol. The van der Waals surface area contributed by atoms with Gasteiger partial charge in [0.2, 0.25) is 0 Å². The minimum atomic E-state index is -0.439. The fourth-order valence-corrected chi connectivity index (χ4v) is 2.27. The normalized spacial score (nSPS) is 11.9. The lowest BCUT2D eigenvalue weighted by Gasteiger charge is -2.16. The number of nitrogens with zero attached hydrogens (tertiary/aromatic N) is 1. The summed E-state index contributed by atoms with van der Waals surface area (Å²) in [7, 11) is 0. The Labute approximate surface area is 123 Å². The van der Waals surface area contributed by atoms with E-state index in [0.717, 1.165) is 0 Å². The molecular weight excluding hydrogens is 327 g/mol. The molecule has 104 valence electrons. The van der Waals surface area contributed by atoms with E-state index in [0.29, 0.717) is 15.7 Å². The molecule has 2 rings (SSSR count). The molecule has 20 heavy (non-hydrogen) atoms. The van der Waals surface area contributed by atoms with Gasteiger partial charge in [-0.1, -0.05) is 34.1 Å². The number of para-hydroxylation sites is 1. The van der Waals surface area contributed by atoms with E-state index in [2.05, 4.69) is 21.2 Å². The van der Waals surface area contributed by atoms with E-state index in [1.807, 2.05) is 0 Å². The van der Waals surface area contributed by atoms with Crippen molar-refractivity contribution in [1.82, 2.24) is 0 Å². The van der Waals surface area contributed by atoms with Gasteiger partial charge >= 0.3 is 0 Å². The van der Waals surface area contributed by atoms with Crippen LogP contribution in [0.4, 0.5) is 15.8 Å². The molecule has 1 atom stereocenters. The fourth-order valence-electron chi connectivity index (χ4n) is 1.94. The molecule has 0 bridgehead atoms. The lowest BCUT2D eigenvalue weighted by atomic mass is 10.1. The number of hydrogen-bond donors (Lipinski definition) is 1. The van der Waals surface area contributed by atoms with Crippen LogP contribution >= 0.6 is 15.9 Å². The maximum Gasteiger partial charge on any atom is 0.274 e. The molecule has 2 aromatic rings. The van der Waals surface area contributed by atoms with E-state index in [1.165, 1.54) is 12.1 Å². The van der Waals surface area contributed by atoms with E-state index < -0.39 is 10.7 Å². The Balaban J connectivity index is 2.28. The van der Waals surface area contributed by atoms with Crippen LogP contribution in [0.5, 0.6) is 0 Å². The third kappa shape index (κ3) is 3.14. The van der Waals surface area contributed by atoms with Crippen LogP contribution in [0.2, 0.25) is 0 Å². The zero-order chi connectivity index (χ0) is 14.7. The topological polar surface area (TPSA) is 55.2 Å². The Morgan fingerprint density at radius 3 is 2.65 bits per heavy atom. The summed E-state index contributed by atoms with van der Waals surface area (Å²) in [6.07, 6.45) is 0. The molecule has 0 aliphatic rings. The summed E-state index contributed by atoms with van der Waals surface area (Å²) < 4.78 is 14.4. The van der Waals surface area contributed by atoms with E-state index in [1.54, 1.807) is 37.3 Å². The van der Waals surface area contributed by atoms with Crippen LogP contribution in [0.25, 0.3) is 0 Å². The van der Waals surface area contributed by atoms with Gasteiger partial charge in [-0.2, -0.15) is 0 Å². The number of hydrogen-bond acceptors (Lipinski definition) is 3. The van der Waals surface area contributed by atoms with Crippen molar-refractivity contribution in [2.45, 2.75) is 13.0 Å². The highest BCUT2D eigenvalue weighted by Crippen LogP contribution is 2.29. The van der Waals surface area contributed by atoms with Crippen molar-refractivity contribution >= 4 is 27.3 Å². The molecule has 0 saturated heterocycles. The molecule has 0 aliphatic carbocycles. The Morgan fingerprint density at radius 2 is 2.00 bits per heavy atom. The zero-order valence-corrected chi connectivity index (χ0v) is 12.2. The number of benzene rings is 2. The molecular formula is C14H12BrFN2O2. The van der Waals surface area contributed by atoms with Gasteiger partial charge in [0.1, 0.15) is 5.82 Å². The summed E-state index contributed by atoms with van der Waals surface area (Å²) in [5, 5.41) is 13.9. The van der Waals surface area contributed by atoms with Crippen molar-refractivity contribution in [3.8, 4) is 0 Å². The van der Waals surface area contributed by atoms with Crippen LogP contribution in [-0.4, -0.2) is 4.92 Å². The molecule has 0 radical (unpaired) electrons. The molecule has 6 heteroatoms. The summed E-state index contributed by atoms with van der Waals surface area (Å²) in [5.74, 6) is -0.412. The van der Waals surface area contributed by atoms with Crippen LogP contribution in [0.3, 0.4) is 0 Å². The van der Waals surface area contributed by atoms with Crippen molar-refractivity contribution in [3.63, 3.8) is 0 Å². The lowest BCUT2D eigenvalue weighted by molar-refractivity contribution is -0.385. The third-order valence-corrected chi connectivity index (χ3v) is 3.40. The fraction of sp³-hybridized carbons (Fsp3) is 0.143. The van der Waals surface area contributed by atoms with Gasteiger partial charge in [-0.3, -0.25) is 10.1 Å². The van der Waals surface area contributed by atoms with Gasteiger partial charge in [-0.15, -0.1) is 0 Å². The SMILES string of the molecule is CC(Nc1ccc(Br)cc1F)c1ccccc1[N+](=O)[O-]. The summed E-state index contributed by atoms with van der Waals surface area (Å²) in [4.78, 5) is 10.5. The van der Waals surface area contributed by atoms with Gasteiger partial charge < -0.3 is 5.32 Å². The first-order valence-corrected chi connectivity index (χ1v) is 6.73. The Hall–Kier alpha value is -1.95. The first-order chi connectivity index (χ1) is 9.49. The molecule has 0 heterocycles. The Bertz CT molecular complexity index is 649. The number of anilines is 1. The number of nitro benzene ring substituents is 1. The monoisotopic (exact) mass is 338 g/mol. The molecule has 0 aliphatic heterocycles. The van der Waals surface area contributed by atoms with Crippen LogP contribution in [0, 0.1) is 15.9 Å². The predicted molar refractivity (Wildman–Crippen MR) is 79.2 cm³/mol. The Morgan fingerprint density at radius 1 is 1.30 bits per heavy atom. The van der Waals surface area contributed by atoms with Crippen LogP contribution < -0.4 is 5.32 Å². The molecule has 0 saturated carbocycles. The number of rotatable bonds is 4. The standard InChI is InChI=1S/C14H12BrFN2O2/c1-9(11-4-2-3-5-14(11)18(19)20)17-13-7-6-10(15)8-12(13)16/h2-9,17H,1H3. The first-order valence-electron chi connectivity index (χ1n) is 5.94. The second kappa shape index (κ2) is 6.00. The molecule has 4 nitrogen and oxygen atoms in total. The minimum Gasteiger partial charge on any atom is -0.376 e. The molecule has 0 aromatic heterocycles. The van der Waals surface area contributed by atoms with Gasteiger partial charge in [0.05, 0.1) is 22.2 Å². The van der Waals surface area contributed by atoms with Gasteiger partial charge in [-0.25, -0.2) is 4.39 Å². The third-order valence-electron chi connectivity index (χ3n) is 2.90. The van der Waals surface area contributed by atoms with Crippen LogP contribution in [-0.2, 0) is 0 Å². The highest BCUT2D eigenvalue weighted by Gasteiger charge is 2.18. The smallest absolute Gasteiger partial charge is 0.274 e. The Kier molecular flexibility index (Phi) is 4.34. The highest BCUT2D eigenvalue weighted by atomic mass is 79.9. The van der Waals surface area contributed by atoms with Crippen molar-refractivity contribution in [1.29, 1.82) is 0 Å². The average Bonchev–Trinajstić information content (AvgIpc) is 2.41. The summed E-state index contributed by atoms with van der Waals surface area (Å²) in [6.45, 7) is 1.75. The summed E-state index contributed by atoms with van der Waals surface area (Å²) >= 11 is 3.18. The maximum absolute atomic E-state index is 13.8. The van der Waals surface area contributed by atoms with Crippen molar-refractivity contribution in [2.24, 2.45) is 0 Å². The van der Waals surface area contributed by atoms with Crippen molar-refractivity contribution in [3.05, 3.63) is 68.4 Å². The van der Waals surface area contributed by atoms with Crippen molar-refractivity contribution in [2.75, 3.05) is 5.32 Å². The van der Waals surface area contributed by atoms with E-state index in [-0.39, 0.29) is 11.7 Å². The number of nitro groups is 1. The van der Waals surface area contributed by atoms with E-state index >= 15 is 0 Å². The van der Waals surface area contributed by atoms with Crippen LogP contribution in [0.15, 0.2) is 46.9 Å². The largest absolute Gasteiger partial charge is 0.376 e. The minimum absolute atomic E-state index is 0.0185. The predicted octanol–water partition coefficient (Wildman–Crippen LogP) is 4.67. The second-order valence-corrected chi connectivity index (χ2v) is 5.22. The number of halogens is 2. The zero-order valence-electron chi connectivity index (χ0n) is 10.6. The highest BCUT2D eigenvalue weighted by molar-refractivity contribution is 9.10. The summed E-state index contributed by atoms with van der Waals surface area (Å²) in [5.41, 5.74) is 0.837. The van der Waals surface area contributed by atoms with Crippen LogP contribution in [0.1, 0.15) is 18.5 Å². The van der Waals surface area contributed by atoms with Gasteiger partial charge in [-0.05, 0) is 25.1 Å². The van der Waals surface area contributed by atoms with Gasteiger partial charge in [0.25, 0.3) is 5.69 Å². The quantitative estimate of drug-likeness (QED) is 0.651. The maximum atomic E-state index is 13.8. The van der Waals surface area contributed by atoms with E-state index in [9.17, 15) is 14.5 Å². The molecule has 1 unspecified atom stereocenters. The lowest BCUT2D eigenvalue weighted by Crippen LogP contribution is -2.10. The second-order valence-electron chi connectivity index (χ2n) is 4.31. The molecule has 0 amide bonds. The van der Waals surface area contributed by atoms with Crippen molar-refractivity contribution < 1.29 is 9.31 Å². The molecule has 0 spiro atoms. The number of nitrogens with one attached hydrogen (secondary N) is 1. The van der Waals surface area contributed by atoms with E-state index in [4.69, 9.17) is 0 Å². The first kappa shape index (κ1) is 14.5. The molecule has 1 N–H and O–H groups in total. The molecule has 0 fully saturated rings. The van der Waals surface area contributed by atoms with Gasteiger partial charge in [0.15, 0.2) is 0 Å².